The van der Waals surface area contributed by atoms with Crippen molar-refractivity contribution in [1.29, 1.82) is 0 Å². The van der Waals surface area contributed by atoms with Crippen LogP contribution in [0.5, 0.6) is 11.5 Å². The Kier molecular flexibility index (Phi) is 7.71. The lowest BCUT2D eigenvalue weighted by molar-refractivity contribution is -0.131. The van der Waals surface area contributed by atoms with Crippen LogP contribution in [-0.2, 0) is 4.79 Å². The van der Waals surface area contributed by atoms with Crippen LogP contribution >= 0.6 is 0 Å². The second kappa shape index (κ2) is 10.7. The molecule has 0 N–H and O–H groups in total. The van der Waals surface area contributed by atoms with Crippen molar-refractivity contribution in [2.24, 2.45) is 0 Å². The van der Waals surface area contributed by atoms with E-state index in [-0.39, 0.29) is 11.8 Å². The van der Waals surface area contributed by atoms with E-state index >= 15 is 0 Å². The van der Waals surface area contributed by atoms with Crippen LogP contribution in [0.1, 0.15) is 35.2 Å². The van der Waals surface area contributed by atoms with Gasteiger partial charge in [0.05, 0.1) is 13.7 Å². The molecular formula is C24H30N2O4. The van der Waals surface area contributed by atoms with E-state index in [0.29, 0.717) is 56.9 Å². The van der Waals surface area contributed by atoms with Crippen molar-refractivity contribution in [1.82, 2.24) is 9.80 Å². The smallest absolute Gasteiger partial charge is 0.254 e. The topological polar surface area (TPSA) is 59.1 Å². The number of hydrogen-bond donors (Lipinski definition) is 0. The van der Waals surface area contributed by atoms with Gasteiger partial charge in [-0.25, -0.2) is 0 Å². The van der Waals surface area contributed by atoms with Gasteiger partial charge in [0.2, 0.25) is 5.91 Å². The Morgan fingerprint density at radius 3 is 2.43 bits per heavy atom. The van der Waals surface area contributed by atoms with E-state index in [1.165, 1.54) is 5.56 Å². The second-order valence-corrected chi connectivity index (χ2v) is 7.52. The fourth-order valence-corrected chi connectivity index (χ4v) is 3.51. The van der Waals surface area contributed by atoms with Crippen LogP contribution in [0.4, 0.5) is 0 Å². The number of ether oxygens (including phenoxy) is 2. The molecule has 2 aromatic carbocycles. The van der Waals surface area contributed by atoms with Crippen molar-refractivity contribution in [2.75, 3.05) is 39.9 Å². The van der Waals surface area contributed by atoms with Crippen LogP contribution in [-0.4, -0.2) is 61.5 Å². The summed E-state index contributed by atoms with van der Waals surface area (Å²) in [4.78, 5) is 29.1. The van der Waals surface area contributed by atoms with Gasteiger partial charge in [0, 0.05) is 38.2 Å². The van der Waals surface area contributed by atoms with E-state index in [1.807, 2.05) is 53.1 Å². The Bertz CT molecular complexity index is 851. The molecule has 6 heteroatoms. The first-order valence-electron chi connectivity index (χ1n) is 10.5. The molecule has 0 aromatic heterocycles. The van der Waals surface area contributed by atoms with E-state index in [2.05, 4.69) is 0 Å². The molecule has 0 atom stereocenters. The van der Waals surface area contributed by atoms with E-state index in [4.69, 9.17) is 9.47 Å². The molecule has 0 saturated carbocycles. The molecule has 2 aromatic rings. The van der Waals surface area contributed by atoms with Crippen molar-refractivity contribution in [3.05, 3.63) is 59.7 Å². The average Bonchev–Trinajstić information content (AvgIpc) is 3.04. The first-order chi connectivity index (χ1) is 14.6. The third-order valence-electron chi connectivity index (χ3n) is 5.28. The maximum atomic E-state index is 12.8. The van der Waals surface area contributed by atoms with Crippen LogP contribution in [0.25, 0.3) is 0 Å². The lowest BCUT2D eigenvalue weighted by Gasteiger charge is -2.22. The Morgan fingerprint density at radius 1 is 0.933 bits per heavy atom. The van der Waals surface area contributed by atoms with Crippen molar-refractivity contribution in [2.45, 2.75) is 26.2 Å². The number of hydrogen-bond acceptors (Lipinski definition) is 4. The minimum Gasteiger partial charge on any atom is -0.497 e. The standard InChI is InChI=1S/C24H30N2O4/c1-19-9-11-21(12-10-19)30-17-4-8-23(27)25-13-5-14-26(16-15-25)24(28)20-6-3-7-22(18-20)29-2/h3,6-7,9-12,18H,4-5,8,13-17H2,1-2H3. The van der Waals surface area contributed by atoms with Gasteiger partial charge >= 0.3 is 0 Å². The number of benzene rings is 2. The molecule has 0 aliphatic carbocycles. The highest BCUT2D eigenvalue weighted by atomic mass is 16.5. The molecule has 0 radical (unpaired) electrons. The number of methoxy groups -OCH3 is 1. The first-order valence-corrected chi connectivity index (χ1v) is 10.5. The number of rotatable bonds is 7. The van der Waals surface area contributed by atoms with Gasteiger partial charge in [-0.1, -0.05) is 23.8 Å². The van der Waals surface area contributed by atoms with Crippen molar-refractivity contribution >= 4 is 11.8 Å². The minimum atomic E-state index is -0.0188. The van der Waals surface area contributed by atoms with Gasteiger partial charge < -0.3 is 19.3 Å². The van der Waals surface area contributed by atoms with Gasteiger partial charge in [-0.05, 0) is 50.1 Å². The van der Waals surface area contributed by atoms with Crippen LogP contribution in [0, 0.1) is 6.92 Å². The molecule has 160 valence electrons. The fourth-order valence-electron chi connectivity index (χ4n) is 3.51. The maximum Gasteiger partial charge on any atom is 0.254 e. The highest BCUT2D eigenvalue weighted by Gasteiger charge is 2.22. The molecule has 1 fully saturated rings. The Morgan fingerprint density at radius 2 is 1.67 bits per heavy atom. The van der Waals surface area contributed by atoms with Gasteiger partial charge in [-0.15, -0.1) is 0 Å². The third-order valence-corrected chi connectivity index (χ3v) is 5.28. The normalized spacial score (nSPS) is 14.2. The minimum absolute atomic E-state index is 0.0188. The molecule has 1 aliphatic rings. The lowest BCUT2D eigenvalue weighted by Crippen LogP contribution is -2.37. The fraction of sp³-hybridized carbons (Fsp3) is 0.417. The second-order valence-electron chi connectivity index (χ2n) is 7.52. The summed E-state index contributed by atoms with van der Waals surface area (Å²) in [7, 11) is 1.59. The first kappa shape index (κ1) is 21.7. The molecule has 0 unspecified atom stereocenters. The quantitative estimate of drug-likeness (QED) is 0.655. The molecule has 3 rings (SSSR count). The van der Waals surface area contributed by atoms with E-state index < -0.39 is 0 Å². The monoisotopic (exact) mass is 410 g/mol. The third kappa shape index (κ3) is 5.99. The van der Waals surface area contributed by atoms with Gasteiger partial charge in [0.1, 0.15) is 11.5 Å². The summed E-state index contributed by atoms with van der Waals surface area (Å²) in [6.07, 6.45) is 1.91. The molecular weight excluding hydrogens is 380 g/mol. The van der Waals surface area contributed by atoms with Crippen LogP contribution in [0.15, 0.2) is 48.5 Å². The number of aryl methyl sites for hydroxylation is 1. The number of carbonyl (C=O) groups is 2. The summed E-state index contributed by atoms with van der Waals surface area (Å²) >= 11 is 0. The van der Waals surface area contributed by atoms with Crippen LogP contribution in [0.2, 0.25) is 0 Å². The predicted molar refractivity (Wildman–Crippen MR) is 116 cm³/mol. The van der Waals surface area contributed by atoms with Gasteiger partial charge in [-0.3, -0.25) is 9.59 Å². The molecule has 0 bridgehead atoms. The summed E-state index contributed by atoms with van der Waals surface area (Å²) in [6, 6.07) is 15.1. The Labute approximate surface area is 178 Å². The highest BCUT2D eigenvalue weighted by molar-refractivity contribution is 5.94. The van der Waals surface area contributed by atoms with Crippen molar-refractivity contribution < 1.29 is 19.1 Å². The maximum absolute atomic E-state index is 12.8. The number of nitrogens with zero attached hydrogens (tertiary/aromatic N) is 2. The van der Waals surface area contributed by atoms with E-state index in [0.717, 1.165) is 12.2 Å². The molecule has 6 nitrogen and oxygen atoms in total. The summed E-state index contributed by atoms with van der Waals surface area (Å²) in [6.45, 7) is 4.99. The number of amides is 2. The lowest BCUT2D eigenvalue weighted by atomic mass is 10.2. The SMILES string of the molecule is COc1cccc(C(=O)N2CCCN(C(=O)CCCOc3ccc(C)cc3)CC2)c1. The highest BCUT2D eigenvalue weighted by Crippen LogP contribution is 2.16. The van der Waals surface area contributed by atoms with Gasteiger partial charge in [0.25, 0.3) is 5.91 Å². The average molecular weight is 411 g/mol. The number of carbonyl (C=O) groups excluding carboxylic acids is 2. The predicted octanol–water partition coefficient (Wildman–Crippen LogP) is 3.54. The van der Waals surface area contributed by atoms with Gasteiger partial charge in [0.15, 0.2) is 0 Å². The van der Waals surface area contributed by atoms with E-state index in [9.17, 15) is 9.59 Å². The largest absolute Gasteiger partial charge is 0.497 e. The van der Waals surface area contributed by atoms with Crippen molar-refractivity contribution in [3.63, 3.8) is 0 Å². The molecule has 1 heterocycles. The summed E-state index contributed by atoms with van der Waals surface area (Å²) in [5.74, 6) is 1.60. The molecule has 0 spiro atoms. The Balaban J connectivity index is 1.44. The van der Waals surface area contributed by atoms with Crippen LogP contribution in [0.3, 0.4) is 0 Å². The van der Waals surface area contributed by atoms with Gasteiger partial charge in [-0.2, -0.15) is 0 Å². The molecule has 1 aliphatic heterocycles. The summed E-state index contributed by atoms with van der Waals surface area (Å²) in [5, 5.41) is 0. The zero-order valence-electron chi connectivity index (χ0n) is 17.8. The summed E-state index contributed by atoms with van der Waals surface area (Å²) < 4.78 is 10.9. The molecule has 1 saturated heterocycles. The molecule has 30 heavy (non-hydrogen) atoms. The van der Waals surface area contributed by atoms with E-state index in [1.54, 1.807) is 19.2 Å². The van der Waals surface area contributed by atoms with Crippen LogP contribution < -0.4 is 9.47 Å². The zero-order chi connectivity index (χ0) is 21.3. The van der Waals surface area contributed by atoms with Crippen molar-refractivity contribution in [3.8, 4) is 11.5 Å². The summed E-state index contributed by atoms with van der Waals surface area (Å²) in [5.41, 5.74) is 1.81. The zero-order valence-corrected chi connectivity index (χ0v) is 17.8. The Hall–Kier alpha value is -3.02. The molecule has 2 amide bonds.